The Hall–Kier alpha value is -7.44. The van der Waals surface area contributed by atoms with E-state index in [1.54, 1.807) is 96.1 Å². The predicted molar refractivity (Wildman–Crippen MR) is 319 cm³/mol. The third-order valence-electron chi connectivity index (χ3n) is 15.8. The van der Waals surface area contributed by atoms with E-state index in [9.17, 15) is 38.4 Å². The minimum absolute atomic E-state index is 0.183. The van der Waals surface area contributed by atoms with Crippen LogP contribution in [0.2, 0.25) is 0 Å². The van der Waals surface area contributed by atoms with Gasteiger partial charge in [-0.2, -0.15) is 0 Å². The lowest BCUT2D eigenvalue weighted by Gasteiger charge is -2.37. The Morgan fingerprint density at radius 1 is 0.512 bits per heavy atom. The summed E-state index contributed by atoms with van der Waals surface area (Å²) in [5.74, 6) is -2.32. The number of likely N-dealkylation sites (tertiary alicyclic amines) is 2. The minimum atomic E-state index is -0.773. The molecule has 0 radical (unpaired) electrons. The normalized spacial score (nSPS) is 16.8. The van der Waals surface area contributed by atoms with Crippen molar-refractivity contribution < 1.29 is 38.4 Å². The molecule has 2 fully saturated rings. The second-order valence-electron chi connectivity index (χ2n) is 24.0. The van der Waals surface area contributed by atoms with E-state index >= 15 is 0 Å². The van der Waals surface area contributed by atoms with E-state index in [-0.39, 0.29) is 73.7 Å². The molecule has 6 N–H and O–H groups in total. The number of carbonyl (C=O) groups excluding carboxylic acids is 8. The average molecular weight is 1130 g/mol. The molecule has 18 heteroatoms. The molecule has 442 valence electrons. The highest BCUT2D eigenvalue weighted by Gasteiger charge is 2.42. The van der Waals surface area contributed by atoms with E-state index < -0.39 is 46.8 Å². The van der Waals surface area contributed by atoms with Crippen molar-refractivity contribution in [3.8, 4) is 11.1 Å². The van der Waals surface area contributed by atoms with Gasteiger partial charge < -0.3 is 51.5 Å². The van der Waals surface area contributed by atoms with Crippen LogP contribution in [0.5, 0.6) is 0 Å². The highest BCUT2D eigenvalue weighted by molar-refractivity contribution is 5.98. The second-order valence-corrected chi connectivity index (χ2v) is 24.0. The summed E-state index contributed by atoms with van der Waals surface area (Å²) in [7, 11) is 3.39. The van der Waals surface area contributed by atoms with Crippen LogP contribution in [0.3, 0.4) is 0 Å². The Kier molecular flexibility index (Phi) is 22.9. The van der Waals surface area contributed by atoms with E-state index in [2.05, 4.69) is 31.9 Å². The summed E-state index contributed by atoms with van der Waals surface area (Å²) in [5.41, 5.74) is 3.25. The Labute approximate surface area is 485 Å². The molecule has 4 aromatic rings. The fourth-order valence-electron chi connectivity index (χ4n) is 10.4. The summed E-state index contributed by atoms with van der Waals surface area (Å²) < 4.78 is 0. The first-order valence-corrected chi connectivity index (χ1v) is 29.0. The molecule has 2 aliphatic heterocycles. The number of amides is 8. The number of likely N-dealkylation sites (N-methyl/N-ethyl adjacent to an activating group) is 2. The molecule has 6 rings (SSSR count). The topological polar surface area (TPSA) is 222 Å². The van der Waals surface area contributed by atoms with Gasteiger partial charge in [0.1, 0.15) is 12.1 Å². The van der Waals surface area contributed by atoms with Crippen molar-refractivity contribution in [3.05, 3.63) is 131 Å². The molecule has 0 saturated carbocycles. The summed E-state index contributed by atoms with van der Waals surface area (Å²) >= 11 is 0. The van der Waals surface area contributed by atoms with E-state index in [4.69, 9.17) is 0 Å². The predicted octanol–water partition coefficient (Wildman–Crippen LogP) is 5.22. The molecule has 0 spiro atoms. The monoisotopic (exact) mass is 1120 g/mol. The Morgan fingerprint density at radius 3 is 1.17 bits per heavy atom. The molecule has 18 nitrogen and oxygen atoms in total. The van der Waals surface area contributed by atoms with E-state index in [1.165, 1.54) is 0 Å². The van der Waals surface area contributed by atoms with Crippen LogP contribution in [-0.4, -0.2) is 170 Å². The molecule has 6 atom stereocenters. The van der Waals surface area contributed by atoms with Crippen LogP contribution >= 0.6 is 0 Å². The fourth-order valence-corrected chi connectivity index (χ4v) is 10.4. The van der Waals surface area contributed by atoms with Gasteiger partial charge in [-0.05, 0) is 124 Å². The number of nitrogens with zero attached hydrogens (tertiary/aromatic N) is 4. The highest BCUT2D eigenvalue weighted by Crippen LogP contribution is 2.29. The molecule has 0 aliphatic carbocycles. The van der Waals surface area contributed by atoms with E-state index in [0.717, 1.165) is 35.1 Å². The molecule has 2 saturated heterocycles. The number of hydrogen-bond donors (Lipinski definition) is 6. The minimum Gasteiger partial charge on any atom is -0.343 e. The zero-order valence-electron chi connectivity index (χ0n) is 49.8. The lowest BCUT2D eigenvalue weighted by Crippen LogP contribution is -2.59. The van der Waals surface area contributed by atoms with Crippen molar-refractivity contribution >= 4 is 47.3 Å². The maximum atomic E-state index is 14.2. The lowest BCUT2D eigenvalue weighted by molar-refractivity contribution is -0.142. The van der Waals surface area contributed by atoms with Crippen LogP contribution in [0.1, 0.15) is 113 Å². The van der Waals surface area contributed by atoms with E-state index in [1.807, 2.05) is 102 Å². The quantitative estimate of drug-likeness (QED) is 0.0509. The zero-order chi connectivity index (χ0) is 59.7. The summed E-state index contributed by atoms with van der Waals surface area (Å²) in [6.45, 7) is 16.8. The Bertz CT molecular complexity index is 2610. The first-order valence-electron chi connectivity index (χ1n) is 29.0. The van der Waals surface area contributed by atoms with Crippen LogP contribution in [0.15, 0.2) is 109 Å². The summed E-state index contributed by atoms with van der Waals surface area (Å²) in [6, 6.07) is 30.5. The second kappa shape index (κ2) is 29.5. The largest absolute Gasteiger partial charge is 0.343 e. The molecular weight excluding hydrogens is 1040 g/mol. The molecule has 0 aromatic heterocycles. The van der Waals surface area contributed by atoms with Crippen LogP contribution in [0.4, 0.5) is 0 Å². The maximum absolute atomic E-state index is 14.2. The number of rotatable bonds is 25. The number of hydrogen-bond acceptors (Lipinski definition) is 10. The summed E-state index contributed by atoms with van der Waals surface area (Å²) in [6.07, 6.45) is 4.06. The van der Waals surface area contributed by atoms with Gasteiger partial charge in [-0.25, -0.2) is 0 Å². The first-order chi connectivity index (χ1) is 39.0. The standard InChI is InChI=1S/C64H88N10O8/c1-43(65-9)57(77)69-55(63(3,4)5)61(81)73-35-17-23-51(73)41-71(37-33-45-19-13-11-14-20-45)53(75)39-67-59(79)49-29-25-47(26-30-49)48-27-31-50(32-28-48)60(80)68-40-54(76)72(38-34-46-21-15-12-16-22-46)42-52-24-18-36-74(52)62(82)56(64(6,7)8)70-58(78)44(2)66-10/h11-16,19-22,25-32,43-44,51-52,55-56,65-66H,17-18,23-24,33-42H2,1-10H3,(H,67,79)(H,68,80)(H,69,77)(H,70,78)/t43-,44-,51-,52-,55+,56+/m0/s1. The van der Waals surface area contributed by atoms with Crippen LogP contribution < -0.4 is 31.9 Å². The van der Waals surface area contributed by atoms with Gasteiger partial charge in [-0.15, -0.1) is 0 Å². The van der Waals surface area contributed by atoms with E-state index in [0.29, 0.717) is 63.0 Å². The van der Waals surface area contributed by atoms with Crippen LogP contribution in [-0.2, 0) is 41.6 Å². The van der Waals surface area contributed by atoms with Gasteiger partial charge in [0, 0.05) is 62.5 Å². The maximum Gasteiger partial charge on any atom is 0.251 e. The highest BCUT2D eigenvalue weighted by atomic mass is 16.2. The SMILES string of the molecule is CN[C@@H](C)C(=O)N[C@H](C(=O)N1CCC[C@H]1CN(CCc1ccccc1)C(=O)CNC(=O)c1ccc(-c2ccc(C(=O)NCC(=O)N(CCc3ccccc3)C[C@@H]3CCCN3C(=O)[C@@H](NC(=O)[C@H](C)NC)C(C)(C)C)cc2)cc1)C(C)(C)C. The van der Waals surface area contributed by atoms with Gasteiger partial charge in [0.15, 0.2) is 0 Å². The van der Waals surface area contributed by atoms with Gasteiger partial charge in [0.05, 0.1) is 25.2 Å². The molecule has 0 bridgehead atoms. The smallest absolute Gasteiger partial charge is 0.251 e. The molecule has 0 unspecified atom stereocenters. The van der Waals surface area contributed by atoms with Crippen LogP contribution in [0, 0.1) is 10.8 Å². The molecule has 2 heterocycles. The number of carbonyl (C=O) groups is 8. The van der Waals surface area contributed by atoms with Crippen molar-refractivity contribution in [3.63, 3.8) is 0 Å². The zero-order valence-corrected chi connectivity index (χ0v) is 49.8. The number of nitrogens with one attached hydrogen (secondary N) is 6. The molecule has 4 aromatic carbocycles. The Morgan fingerprint density at radius 2 is 0.854 bits per heavy atom. The Balaban J connectivity index is 1.06. The third kappa shape index (κ3) is 17.8. The van der Waals surface area contributed by atoms with Crippen molar-refractivity contribution in [2.45, 2.75) is 130 Å². The van der Waals surface area contributed by atoms with Gasteiger partial charge in [-0.1, -0.05) is 126 Å². The van der Waals surface area contributed by atoms with Gasteiger partial charge in [-0.3, -0.25) is 38.4 Å². The molecule has 2 aliphatic rings. The fraction of sp³-hybridized carbons (Fsp3) is 0.500. The third-order valence-corrected chi connectivity index (χ3v) is 15.8. The summed E-state index contributed by atoms with van der Waals surface area (Å²) in [4.78, 5) is 117. The van der Waals surface area contributed by atoms with Crippen molar-refractivity contribution in [2.24, 2.45) is 10.8 Å². The van der Waals surface area contributed by atoms with Gasteiger partial charge in [0.2, 0.25) is 35.4 Å². The van der Waals surface area contributed by atoms with Crippen molar-refractivity contribution in [1.82, 2.24) is 51.5 Å². The summed E-state index contributed by atoms with van der Waals surface area (Å²) in [5, 5.41) is 17.4. The van der Waals surface area contributed by atoms with Crippen LogP contribution in [0.25, 0.3) is 11.1 Å². The first kappa shape index (κ1) is 63.7. The molecule has 8 amide bonds. The average Bonchev–Trinajstić information content (AvgIpc) is 4.17. The molecular formula is C64H88N10O8. The van der Waals surface area contributed by atoms with Crippen molar-refractivity contribution in [1.29, 1.82) is 0 Å². The van der Waals surface area contributed by atoms with Crippen molar-refractivity contribution in [2.75, 3.05) is 66.5 Å². The number of benzene rings is 4. The molecule has 82 heavy (non-hydrogen) atoms. The van der Waals surface area contributed by atoms with Gasteiger partial charge in [0.25, 0.3) is 11.8 Å². The van der Waals surface area contributed by atoms with Gasteiger partial charge >= 0.3 is 0 Å². The lowest BCUT2D eigenvalue weighted by atomic mass is 9.85.